The first-order chi connectivity index (χ1) is 10.1. The molecule has 0 unspecified atom stereocenters. The molecule has 1 N–H and O–H groups in total. The van der Waals surface area contributed by atoms with E-state index in [-0.39, 0.29) is 5.82 Å². The molecule has 3 nitrogen and oxygen atoms in total. The van der Waals surface area contributed by atoms with E-state index in [9.17, 15) is 4.39 Å². The van der Waals surface area contributed by atoms with Crippen molar-refractivity contribution in [1.82, 2.24) is 10.3 Å². The molecule has 0 fully saturated rings. The minimum atomic E-state index is -0.204. The highest BCUT2D eigenvalue weighted by Crippen LogP contribution is 2.20. The zero-order valence-corrected chi connectivity index (χ0v) is 12.8. The van der Waals surface area contributed by atoms with Gasteiger partial charge in [-0.2, -0.15) is 0 Å². The molecule has 0 aliphatic rings. The van der Waals surface area contributed by atoms with Gasteiger partial charge in [0.2, 0.25) is 0 Å². The van der Waals surface area contributed by atoms with Gasteiger partial charge >= 0.3 is 0 Å². The summed E-state index contributed by atoms with van der Waals surface area (Å²) in [7, 11) is 2.03. The summed E-state index contributed by atoms with van der Waals surface area (Å²) in [5, 5.41) is 3.42. The number of aromatic nitrogens is 1. The smallest absolute Gasteiger partial charge is 0.123 e. The van der Waals surface area contributed by atoms with Gasteiger partial charge in [-0.1, -0.05) is 26.0 Å². The van der Waals surface area contributed by atoms with Gasteiger partial charge in [0, 0.05) is 32.4 Å². The third-order valence-electron chi connectivity index (χ3n) is 3.33. The normalized spacial score (nSPS) is 10.9. The van der Waals surface area contributed by atoms with Crippen LogP contribution in [0, 0.1) is 5.82 Å². The van der Waals surface area contributed by atoms with Crippen molar-refractivity contribution in [2.24, 2.45) is 0 Å². The van der Waals surface area contributed by atoms with Crippen molar-refractivity contribution in [2.75, 3.05) is 11.9 Å². The molecule has 0 amide bonds. The molecular formula is C17H22FN3. The largest absolute Gasteiger partial charge is 0.369 e. The molecular weight excluding hydrogens is 265 g/mol. The lowest BCUT2D eigenvalue weighted by Crippen LogP contribution is -2.24. The number of rotatable bonds is 6. The molecule has 21 heavy (non-hydrogen) atoms. The van der Waals surface area contributed by atoms with Gasteiger partial charge in [0.25, 0.3) is 0 Å². The van der Waals surface area contributed by atoms with Gasteiger partial charge in [-0.15, -0.1) is 0 Å². The number of hydrogen-bond acceptors (Lipinski definition) is 3. The number of pyridine rings is 1. The van der Waals surface area contributed by atoms with E-state index in [1.165, 1.54) is 17.7 Å². The predicted octanol–water partition coefficient (Wildman–Crippen LogP) is 3.36. The van der Waals surface area contributed by atoms with Crippen LogP contribution >= 0.6 is 0 Å². The van der Waals surface area contributed by atoms with E-state index in [4.69, 9.17) is 0 Å². The summed E-state index contributed by atoms with van der Waals surface area (Å²) < 4.78 is 13.0. The number of anilines is 1. The molecule has 0 aliphatic heterocycles. The molecule has 0 saturated carbocycles. The standard InChI is InChI=1S/C17H22FN3/c1-13(2)20-10-15-8-9-19-11-17(15)21(3)12-14-4-6-16(18)7-5-14/h4-9,11,13,20H,10,12H2,1-3H3. The van der Waals surface area contributed by atoms with Crippen LogP contribution in [0.25, 0.3) is 0 Å². The minimum absolute atomic E-state index is 0.204. The highest BCUT2D eigenvalue weighted by Gasteiger charge is 2.08. The van der Waals surface area contributed by atoms with Gasteiger partial charge in [0.05, 0.1) is 11.9 Å². The average molecular weight is 287 g/mol. The van der Waals surface area contributed by atoms with Gasteiger partial charge in [-0.3, -0.25) is 4.98 Å². The van der Waals surface area contributed by atoms with E-state index in [0.717, 1.165) is 24.3 Å². The molecule has 0 bridgehead atoms. The van der Waals surface area contributed by atoms with Crippen molar-refractivity contribution in [2.45, 2.75) is 33.0 Å². The Labute approximate surface area is 125 Å². The molecule has 0 saturated heterocycles. The summed E-state index contributed by atoms with van der Waals surface area (Å²) in [4.78, 5) is 6.36. The second-order valence-corrected chi connectivity index (χ2v) is 5.52. The van der Waals surface area contributed by atoms with E-state index < -0.39 is 0 Å². The molecule has 1 aromatic carbocycles. The van der Waals surface area contributed by atoms with Gasteiger partial charge < -0.3 is 10.2 Å². The third kappa shape index (κ3) is 4.53. The fraction of sp³-hybridized carbons (Fsp3) is 0.353. The average Bonchev–Trinajstić information content (AvgIpc) is 2.47. The second kappa shape index (κ2) is 7.18. The molecule has 4 heteroatoms. The van der Waals surface area contributed by atoms with Crippen molar-refractivity contribution < 1.29 is 4.39 Å². The van der Waals surface area contributed by atoms with Crippen LogP contribution in [0.15, 0.2) is 42.7 Å². The molecule has 2 rings (SSSR count). The van der Waals surface area contributed by atoms with Crippen molar-refractivity contribution in [3.05, 3.63) is 59.7 Å². The molecule has 1 aromatic heterocycles. The Balaban J connectivity index is 2.11. The lowest BCUT2D eigenvalue weighted by Gasteiger charge is -2.22. The fourth-order valence-corrected chi connectivity index (χ4v) is 2.17. The Bertz CT molecular complexity index is 567. The molecule has 0 aliphatic carbocycles. The summed E-state index contributed by atoms with van der Waals surface area (Å²) in [6.07, 6.45) is 3.69. The lowest BCUT2D eigenvalue weighted by molar-refractivity contribution is 0.588. The minimum Gasteiger partial charge on any atom is -0.369 e. The first-order valence-corrected chi connectivity index (χ1v) is 7.18. The maximum Gasteiger partial charge on any atom is 0.123 e. The highest BCUT2D eigenvalue weighted by atomic mass is 19.1. The molecule has 0 radical (unpaired) electrons. The maximum absolute atomic E-state index is 13.0. The van der Waals surface area contributed by atoms with Gasteiger partial charge in [0.15, 0.2) is 0 Å². The molecule has 0 atom stereocenters. The SMILES string of the molecule is CC(C)NCc1ccncc1N(C)Cc1ccc(F)cc1. The summed E-state index contributed by atoms with van der Waals surface area (Å²) in [6.45, 7) is 5.79. The molecule has 112 valence electrons. The maximum atomic E-state index is 13.0. The van der Waals surface area contributed by atoms with Crippen LogP contribution in [0.2, 0.25) is 0 Å². The number of benzene rings is 1. The van der Waals surface area contributed by atoms with Crippen LogP contribution in [-0.2, 0) is 13.1 Å². The van der Waals surface area contributed by atoms with E-state index >= 15 is 0 Å². The van der Waals surface area contributed by atoms with Crippen LogP contribution in [0.3, 0.4) is 0 Å². The Morgan fingerprint density at radius 1 is 1.19 bits per heavy atom. The monoisotopic (exact) mass is 287 g/mol. The van der Waals surface area contributed by atoms with E-state index in [1.54, 1.807) is 0 Å². The third-order valence-corrected chi connectivity index (χ3v) is 3.33. The van der Waals surface area contributed by atoms with Crippen molar-refractivity contribution in [3.8, 4) is 0 Å². The Morgan fingerprint density at radius 3 is 2.57 bits per heavy atom. The summed E-state index contributed by atoms with van der Waals surface area (Å²) in [5.41, 5.74) is 3.38. The van der Waals surface area contributed by atoms with Crippen LogP contribution in [0.4, 0.5) is 10.1 Å². The molecule has 1 heterocycles. The van der Waals surface area contributed by atoms with Gasteiger partial charge in [0.1, 0.15) is 5.82 Å². The molecule has 0 spiro atoms. The lowest BCUT2D eigenvalue weighted by atomic mass is 10.1. The summed E-state index contributed by atoms with van der Waals surface area (Å²) >= 11 is 0. The number of nitrogens with one attached hydrogen (secondary N) is 1. The number of halogens is 1. The Morgan fingerprint density at radius 2 is 1.90 bits per heavy atom. The number of hydrogen-bond donors (Lipinski definition) is 1. The first kappa shape index (κ1) is 15.4. The number of nitrogens with zero attached hydrogens (tertiary/aromatic N) is 2. The zero-order valence-electron chi connectivity index (χ0n) is 12.8. The van der Waals surface area contributed by atoms with Crippen LogP contribution in [0.1, 0.15) is 25.0 Å². The van der Waals surface area contributed by atoms with E-state index in [2.05, 4.69) is 29.0 Å². The highest BCUT2D eigenvalue weighted by molar-refractivity contribution is 5.51. The summed E-state index contributed by atoms with van der Waals surface area (Å²) in [5.74, 6) is -0.204. The van der Waals surface area contributed by atoms with Crippen LogP contribution in [-0.4, -0.2) is 18.1 Å². The molecule has 2 aromatic rings. The van der Waals surface area contributed by atoms with Crippen LogP contribution in [0.5, 0.6) is 0 Å². The van der Waals surface area contributed by atoms with Crippen molar-refractivity contribution in [1.29, 1.82) is 0 Å². The Hall–Kier alpha value is -1.94. The summed E-state index contributed by atoms with van der Waals surface area (Å²) in [6, 6.07) is 9.09. The van der Waals surface area contributed by atoms with Crippen molar-refractivity contribution in [3.63, 3.8) is 0 Å². The fourth-order valence-electron chi connectivity index (χ4n) is 2.17. The predicted molar refractivity (Wildman–Crippen MR) is 84.7 cm³/mol. The van der Waals surface area contributed by atoms with E-state index in [0.29, 0.717) is 6.04 Å². The van der Waals surface area contributed by atoms with Gasteiger partial charge in [-0.05, 0) is 29.3 Å². The van der Waals surface area contributed by atoms with Gasteiger partial charge in [-0.25, -0.2) is 4.39 Å². The van der Waals surface area contributed by atoms with Crippen molar-refractivity contribution >= 4 is 5.69 Å². The topological polar surface area (TPSA) is 28.2 Å². The van der Waals surface area contributed by atoms with E-state index in [1.807, 2.05) is 37.6 Å². The van der Waals surface area contributed by atoms with Crippen LogP contribution < -0.4 is 10.2 Å². The second-order valence-electron chi connectivity index (χ2n) is 5.52. The quantitative estimate of drug-likeness (QED) is 0.883. The first-order valence-electron chi connectivity index (χ1n) is 7.18. The zero-order chi connectivity index (χ0) is 15.2. The Kier molecular flexibility index (Phi) is 5.28.